The monoisotopic (exact) mass is 343 g/mol. The highest BCUT2D eigenvalue weighted by Crippen LogP contribution is 2.09. The van der Waals surface area contributed by atoms with Crippen molar-refractivity contribution in [3.8, 4) is 0 Å². The number of benzene rings is 1. The maximum absolute atomic E-state index is 10.3. The Hall–Kier alpha value is -2.08. The number of alkyl halides is 1. The Morgan fingerprint density at radius 2 is 1.80 bits per heavy atom. The van der Waals surface area contributed by atoms with Crippen molar-refractivity contribution in [3.05, 3.63) is 54.6 Å². The summed E-state index contributed by atoms with van der Waals surface area (Å²) in [5.41, 5.74) is 6.61. The second-order valence-electron chi connectivity index (χ2n) is 3.35. The molecule has 0 fully saturated rings. The van der Waals surface area contributed by atoms with Crippen LogP contribution in [0.25, 0.3) is 0 Å². The molecule has 0 aromatic heterocycles. The van der Waals surface area contributed by atoms with Gasteiger partial charge in [-0.3, -0.25) is 0 Å². The van der Waals surface area contributed by atoms with E-state index >= 15 is 0 Å². The lowest BCUT2D eigenvalue weighted by Gasteiger charge is -1.96. The summed E-state index contributed by atoms with van der Waals surface area (Å²) in [5, 5.41) is 17.2. The lowest BCUT2D eigenvalue weighted by molar-refractivity contribution is -0.131. The first kappa shape index (κ1) is 20.2. The molecule has 0 aliphatic carbocycles. The molecule has 0 saturated heterocycles. The zero-order valence-electron chi connectivity index (χ0n) is 11.2. The highest BCUT2D eigenvalue weighted by molar-refractivity contribution is 9.09. The SMILES string of the molecule is C/C(=C/C(=O)O)CBr.C=C.Nc1ccccc1C(=O)O. The predicted octanol–water partition coefficient (Wildman–Crippen LogP) is 3.18. The number of carboxylic acid groups (broad SMARTS) is 2. The Labute approximate surface area is 126 Å². The summed E-state index contributed by atoms with van der Waals surface area (Å²) in [5.74, 6) is -1.87. The average molecular weight is 344 g/mol. The number of aliphatic carboxylic acids is 1. The summed E-state index contributed by atoms with van der Waals surface area (Å²) in [6.07, 6.45) is 1.18. The van der Waals surface area contributed by atoms with Crippen LogP contribution in [0.2, 0.25) is 0 Å². The van der Waals surface area contributed by atoms with Crippen molar-refractivity contribution in [1.29, 1.82) is 0 Å². The van der Waals surface area contributed by atoms with Crippen molar-refractivity contribution in [2.24, 2.45) is 0 Å². The summed E-state index contributed by atoms with van der Waals surface area (Å²) in [6.45, 7) is 7.75. The Morgan fingerprint density at radius 1 is 1.30 bits per heavy atom. The molecule has 0 amide bonds. The highest BCUT2D eigenvalue weighted by atomic mass is 79.9. The molecule has 0 spiro atoms. The second kappa shape index (κ2) is 12.0. The number of halogens is 1. The van der Waals surface area contributed by atoms with Crippen LogP contribution in [0.5, 0.6) is 0 Å². The number of hydrogen-bond acceptors (Lipinski definition) is 3. The van der Waals surface area contributed by atoms with Crippen molar-refractivity contribution in [2.45, 2.75) is 6.92 Å². The van der Waals surface area contributed by atoms with Gasteiger partial charge in [0, 0.05) is 17.1 Å². The molecule has 5 nitrogen and oxygen atoms in total. The first-order chi connectivity index (χ1) is 9.38. The van der Waals surface area contributed by atoms with E-state index in [2.05, 4.69) is 29.1 Å². The van der Waals surface area contributed by atoms with E-state index in [0.717, 1.165) is 5.57 Å². The molecular weight excluding hydrogens is 326 g/mol. The van der Waals surface area contributed by atoms with Gasteiger partial charge in [-0.2, -0.15) is 0 Å². The minimum atomic E-state index is -0.988. The molecular formula is C14H18BrNO4. The number of anilines is 1. The van der Waals surface area contributed by atoms with Crippen LogP contribution in [0.4, 0.5) is 5.69 Å². The number of rotatable bonds is 3. The summed E-state index contributed by atoms with van der Waals surface area (Å²) < 4.78 is 0. The van der Waals surface area contributed by atoms with Crippen LogP contribution in [0.3, 0.4) is 0 Å². The number of hydrogen-bond donors (Lipinski definition) is 3. The van der Waals surface area contributed by atoms with Crippen molar-refractivity contribution < 1.29 is 19.8 Å². The number of carboxylic acids is 2. The van der Waals surface area contributed by atoms with E-state index in [9.17, 15) is 9.59 Å². The molecule has 1 aromatic rings. The number of para-hydroxylation sites is 1. The normalized spacial score (nSPS) is 9.40. The lowest BCUT2D eigenvalue weighted by atomic mass is 10.2. The van der Waals surface area contributed by atoms with E-state index in [1.807, 2.05) is 0 Å². The lowest BCUT2D eigenvalue weighted by Crippen LogP contribution is -2.00. The van der Waals surface area contributed by atoms with Gasteiger partial charge in [0.25, 0.3) is 0 Å². The van der Waals surface area contributed by atoms with Gasteiger partial charge in [-0.25, -0.2) is 9.59 Å². The van der Waals surface area contributed by atoms with Crippen LogP contribution in [0.15, 0.2) is 49.1 Å². The number of nitrogens with two attached hydrogens (primary N) is 1. The van der Waals surface area contributed by atoms with Gasteiger partial charge in [0.1, 0.15) is 0 Å². The van der Waals surface area contributed by atoms with Crippen molar-refractivity contribution >= 4 is 33.6 Å². The fraction of sp³-hybridized carbons (Fsp3) is 0.143. The van der Waals surface area contributed by atoms with Crippen LogP contribution >= 0.6 is 15.9 Å². The second-order valence-corrected chi connectivity index (χ2v) is 3.92. The van der Waals surface area contributed by atoms with E-state index < -0.39 is 11.9 Å². The fourth-order valence-corrected chi connectivity index (χ4v) is 1.10. The van der Waals surface area contributed by atoms with E-state index in [4.69, 9.17) is 15.9 Å². The summed E-state index contributed by atoms with van der Waals surface area (Å²) in [7, 11) is 0. The molecule has 0 unspecified atom stereocenters. The Morgan fingerprint density at radius 3 is 2.05 bits per heavy atom. The summed E-state index contributed by atoms with van der Waals surface area (Å²) in [6, 6.07) is 6.36. The molecule has 4 N–H and O–H groups in total. The number of carbonyl (C=O) groups is 2. The topological polar surface area (TPSA) is 101 Å². The van der Waals surface area contributed by atoms with E-state index in [1.54, 1.807) is 25.1 Å². The largest absolute Gasteiger partial charge is 0.478 e. The third-order valence-electron chi connectivity index (χ3n) is 1.77. The third-order valence-corrected chi connectivity index (χ3v) is 2.66. The molecule has 20 heavy (non-hydrogen) atoms. The van der Waals surface area contributed by atoms with Gasteiger partial charge in [0.05, 0.1) is 5.56 Å². The Kier molecular flexibility index (Phi) is 12.1. The quantitative estimate of drug-likeness (QED) is 0.338. The van der Waals surface area contributed by atoms with E-state index in [0.29, 0.717) is 11.0 Å². The van der Waals surface area contributed by atoms with Crippen LogP contribution in [0, 0.1) is 0 Å². The minimum absolute atomic E-state index is 0.155. The molecule has 0 heterocycles. The van der Waals surface area contributed by atoms with Crippen molar-refractivity contribution in [3.63, 3.8) is 0 Å². The first-order valence-corrected chi connectivity index (χ1v) is 6.54. The fourth-order valence-electron chi connectivity index (χ4n) is 0.941. The predicted molar refractivity (Wildman–Crippen MR) is 84.3 cm³/mol. The van der Waals surface area contributed by atoms with Crippen molar-refractivity contribution in [1.82, 2.24) is 0 Å². The molecule has 1 aromatic carbocycles. The molecule has 0 aliphatic rings. The smallest absolute Gasteiger partial charge is 0.337 e. The van der Waals surface area contributed by atoms with E-state index in [1.165, 1.54) is 12.1 Å². The van der Waals surface area contributed by atoms with Gasteiger partial charge in [-0.05, 0) is 19.1 Å². The zero-order chi connectivity index (χ0) is 16.1. The molecule has 110 valence electrons. The van der Waals surface area contributed by atoms with Gasteiger partial charge in [0.15, 0.2) is 0 Å². The van der Waals surface area contributed by atoms with Crippen LogP contribution < -0.4 is 5.73 Å². The molecule has 0 atom stereocenters. The standard InChI is InChI=1S/C7H7NO2.C5H7BrO2.C2H4/c8-6-4-2-1-3-5(6)7(9)10;1-4(3-6)2-5(7)8;1-2/h1-4H,8H2,(H,9,10);2H,3H2,1H3,(H,7,8);1-2H2/b;4-2-;. The highest BCUT2D eigenvalue weighted by Gasteiger charge is 2.03. The van der Waals surface area contributed by atoms with Gasteiger partial charge >= 0.3 is 11.9 Å². The minimum Gasteiger partial charge on any atom is -0.478 e. The van der Waals surface area contributed by atoms with Gasteiger partial charge in [-0.15, -0.1) is 13.2 Å². The molecule has 0 aliphatic heterocycles. The van der Waals surface area contributed by atoms with Crippen molar-refractivity contribution in [2.75, 3.05) is 11.1 Å². The number of nitrogen functional groups attached to an aromatic ring is 1. The molecule has 0 saturated carbocycles. The molecule has 0 bridgehead atoms. The van der Waals surface area contributed by atoms with Crippen LogP contribution in [-0.4, -0.2) is 27.5 Å². The average Bonchev–Trinajstić information content (AvgIpc) is 2.41. The molecule has 1 rings (SSSR count). The third kappa shape index (κ3) is 9.90. The van der Waals surface area contributed by atoms with Crippen LogP contribution in [-0.2, 0) is 4.79 Å². The van der Waals surface area contributed by atoms with Crippen LogP contribution in [0.1, 0.15) is 17.3 Å². The zero-order valence-corrected chi connectivity index (χ0v) is 12.8. The summed E-state index contributed by atoms with van der Waals surface area (Å²) >= 11 is 3.11. The van der Waals surface area contributed by atoms with E-state index in [-0.39, 0.29) is 5.56 Å². The van der Waals surface area contributed by atoms with Gasteiger partial charge in [0.2, 0.25) is 0 Å². The molecule has 0 radical (unpaired) electrons. The number of allylic oxidation sites excluding steroid dienone is 1. The summed E-state index contributed by atoms with van der Waals surface area (Å²) in [4.78, 5) is 20.2. The van der Waals surface area contributed by atoms with Gasteiger partial charge in [-0.1, -0.05) is 33.6 Å². The molecule has 6 heteroatoms. The Balaban J connectivity index is 0. The first-order valence-electron chi connectivity index (χ1n) is 5.42. The Bertz CT molecular complexity index is 472. The number of aromatic carboxylic acids is 1. The maximum atomic E-state index is 10.3. The van der Waals surface area contributed by atoms with Gasteiger partial charge < -0.3 is 15.9 Å². The maximum Gasteiger partial charge on any atom is 0.337 e.